The summed E-state index contributed by atoms with van der Waals surface area (Å²) in [7, 11) is 0. The van der Waals surface area contributed by atoms with Gasteiger partial charge in [0.2, 0.25) is 0 Å². The number of fused-ring (bicyclic) bond motifs is 1. The maximum atomic E-state index is 12.9. The summed E-state index contributed by atoms with van der Waals surface area (Å²) in [5.74, 6) is -1.68. The molecule has 0 saturated carbocycles. The van der Waals surface area contributed by atoms with Gasteiger partial charge in [-0.2, -0.15) is 0 Å². The predicted octanol–water partition coefficient (Wildman–Crippen LogP) is 2.06. The molecule has 3 heterocycles. The Labute approximate surface area is 166 Å². The molecule has 1 fully saturated rings. The molecular formula is C20H19N5O4. The zero-order chi connectivity index (χ0) is 20.4. The molecule has 2 N–H and O–H groups in total. The van der Waals surface area contributed by atoms with Crippen molar-refractivity contribution in [1.29, 1.82) is 0 Å². The van der Waals surface area contributed by atoms with Crippen LogP contribution in [0.4, 0.5) is 5.69 Å². The molecule has 9 nitrogen and oxygen atoms in total. The normalized spacial score (nSPS) is 16.6. The van der Waals surface area contributed by atoms with Gasteiger partial charge in [0.25, 0.3) is 11.8 Å². The Kier molecular flexibility index (Phi) is 4.94. The number of nitrogens with zero attached hydrogens (tertiary/aromatic N) is 4. The average molecular weight is 393 g/mol. The number of carboxylic acids is 1. The number of anilines is 1. The number of rotatable bonds is 4. The van der Waals surface area contributed by atoms with Gasteiger partial charge in [0.1, 0.15) is 12.4 Å². The zero-order valence-corrected chi connectivity index (χ0v) is 15.5. The number of likely N-dealkylation sites (tertiary alicyclic amines) is 1. The molecule has 0 spiro atoms. The minimum atomic E-state index is -0.994. The maximum Gasteiger partial charge on any atom is 0.326 e. The first-order chi connectivity index (χ1) is 14.0. The van der Waals surface area contributed by atoms with Crippen molar-refractivity contribution in [1.82, 2.24) is 19.5 Å². The van der Waals surface area contributed by atoms with Crippen LogP contribution >= 0.6 is 0 Å². The molecular weight excluding hydrogens is 374 g/mol. The molecule has 1 aromatic carbocycles. The molecule has 2 amide bonds. The number of aliphatic carboxylic acids is 1. The number of hydrogen-bond donors (Lipinski definition) is 2. The molecule has 1 unspecified atom stereocenters. The lowest BCUT2D eigenvalue weighted by atomic mass is 10.0. The van der Waals surface area contributed by atoms with Crippen LogP contribution < -0.4 is 5.32 Å². The van der Waals surface area contributed by atoms with E-state index >= 15 is 0 Å². The van der Waals surface area contributed by atoms with E-state index in [0.717, 1.165) is 12.8 Å². The summed E-state index contributed by atoms with van der Waals surface area (Å²) in [5.41, 5.74) is 1.83. The fraction of sp³-hybridized carbons (Fsp3) is 0.250. The fourth-order valence-corrected chi connectivity index (χ4v) is 3.49. The van der Waals surface area contributed by atoms with Crippen LogP contribution in [0.25, 0.3) is 5.65 Å². The summed E-state index contributed by atoms with van der Waals surface area (Å²) >= 11 is 0. The number of carbonyl (C=O) groups excluding carboxylic acids is 2. The summed E-state index contributed by atoms with van der Waals surface area (Å²) in [4.78, 5) is 38.3. The number of pyridine rings is 1. The van der Waals surface area contributed by atoms with Crippen LogP contribution in [-0.4, -0.2) is 55.0 Å². The van der Waals surface area contributed by atoms with Crippen LogP contribution in [0.3, 0.4) is 0 Å². The minimum Gasteiger partial charge on any atom is -0.480 e. The number of amides is 2. The van der Waals surface area contributed by atoms with Crippen molar-refractivity contribution in [2.45, 2.75) is 25.3 Å². The SMILES string of the molecule is O=C(Nc1cccc(C(=O)N2CCCCC2C(=O)O)c1)c1ccc2nncn2c1. The first-order valence-electron chi connectivity index (χ1n) is 9.27. The Bertz CT molecular complexity index is 1090. The molecule has 29 heavy (non-hydrogen) atoms. The summed E-state index contributed by atoms with van der Waals surface area (Å²) < 4.78 is 1.64. The van der Waals surface area contributed by atoms with E-state index in [-0.39, 0.29) is 11.8 Å². The molecule has 1 aliphatic heterocycles. The highest BCUT2D eigenvalue weighted by atomic mass is 16.4. The summed E-state index contributed by atoms with van der Waals surface area (Å²) in [6.45, 7) is 0.408. The highest BCUT2D eigenvalue weighted by Crippen LogP contribution is 2.21. The number of carbonyl (C=O) groups is 3. The molecule has 9 heteroatoms. The first kappa shape index (κ1) is 18.6. The van der Waals surface area contributed by atoms with Gasteiger partial charge in [0.15, 0.2) is 5.65 Å². The highest BCUT2D eigenvalue weighted by molar-refractivity contribution is 6.05. The van der Waals surface area contributed by atoms with Gasteiger partial charge in [-0.25, -0.2) is 4.79 Å². The van der Waals surface area contributed by atoms with Gasteiger partial charge in [-0.1, -0.05) is 6.07 Å². The second-order valence-electron chi connectivity index (χ2n) is 6.90. The van der Waals surface area contributed by atoms with Crippen molar-refractivity contribution in [3.05, 3.63) is 60.0 Å². The zero-order valence-electron chi connectivity index (χ0n) is 15.5. The van der Waals surface area contributed by atoms with Gasteiger partial charge in [-0.05, 0) is 49.6 Å². The van der Waals surface area contributed by atoms with Crippen LogP contribution in [0.1, 0.15) is 40.0 Å². The molecule has 1 atom stereocenters. The van der Waals surface area contributed by atoms with Gasteiger partial charge < -0.3 is 15.3 Å². The lowest BCUT2D eigenvalue weighted by Gasteiger charge is -2.33. The molecule has 0 bridgehead atoms. The van der Waals surface area contributed by atoms with Crippen molar-refractivity contribution in [2.24, 2.45) is 0 Å². The van der Waals surface area contributed by atoms with Crippen LogP contribution in [0.5, 0.6) is 0 Å². The molecule has 3 aromatic rings. The molecule has 148 valence electrons. The lowest BCUT2D eigenvalue weighted by Crippen LogP contribution is -2.48. The topological polar surface area (TPSA) is 117 Å². The van der Waals surface area contributed by atoms with Gasteiger partial charge in [-0.3, -0.25) is 14.0 Å². The largest absolute Gasteiger partial charge is 0.480 e. The monoisotopic (exact) mass is 393 g/mol. The Morgan fingerprint density at radius 3 is 2.79 bits per heavy atom. The average Bonchev–Trinajstić information content (AvgIpc) is 3.21. The van der Waals surface area contributed by atoms with Gasteiger partial charge in [-0.15, -0.1) is 10.2 Å². The third kappa shape index (κ3) is 3.79. The van der Waals surface area contributed by atoms with Crippen LogP contribution in [-0.2, 0) is 4.79 Å². The third-order valence-electron chi connectivity index (χ3n) is 4.97. The summed E-state index contributed by atoms with van der Waals surface area (Å²) in [5, 5.41) is 19.8. The van der Waals surface area contributed by atoms with Crippen LogP contribution in [0.15, 0.2) is 48.9 Å². The van der Waals surface area contributed by atoms with Crippen molar-refractivity contribution in [3.8, 4) is 0 Å². The van der Waals surface area contributed by atoms with E-state index < -0.39 is 12.0 Å². The number of carboxylic acid groups (broad SMARTS) is 1. The molecule has 0 radical (unpaired) electrons. The Morgan fingerprint density at radius 2 is 1.97 bits per heavy atom. The first-order valence-corrected chi connectivity index (χ1v) is 9.27. The molecule has 2 aromatic heterocycles. The Morgan fingerprint density at radius 1 is 1.10 bits per heavy atom. The standard InChI is InChI=1S/C20H19N5O4/c26-18(14-7-8-17-23-21-12-24(17)11-14)22-15-5-3-4-13(10-15)19(27)25-9-2-1-6-16(25)20(28)29/h3-5,7-8,10-12,16H,1-2,6,9H2,(H,22,26)(H,28,29). The fourth-order valence-electron chi connectivity index (χ4n) is 3.49. The van der Waals surface area contributed by atoms with Gasteiger partial charge in [0, 0.05) is 24.0 Å². The predicted molar refractivity (Wildman–Crippen MR) is 104 cm³/mol. The summed E-state index contributed by atoms with van der Waals surface area (Å²) in [6, 6.07) is 9.02. The Hall–Kier alpha value is -3.75. The van der Waals surface area contributed by atoms with Gasteiger partial charge in [0.05, 0.1) is 5.56 Å². The van der Waals surface area contributed by atoms with Crippen LogP contribution in [0, 0.1) is 0 Å². The second kappa shape index (κ2) is 7.70. The quantitative estimate of drug-likeness (QED) is 0.701. The number of piperidine rings is 1. The van der Waals surface area contributed by atoms with E-state index in [1.807, 2.05) is 0 Å². The van der Waals surface area contributed by atoms with Crippen molar-refractivity contribution < 1.29 is 19.5 Å². The Balaban J connectivity index is 1.52. The van der Waals surface area contributed by atoms with Crippen LogP contribution in [0.2, 0.25) is 0 Å². The van der Waals surface area contributed by atoms with Crippen molar-refractivity contribution >= 4 is 29.1 Å². The third-order valence-corrected chi connectivity index (χ3v) is 4.97. The van der Waals surface area contributed by atoms with E-state index in [0.29, 0.717) is 35.4 Å². The molecule has 4 rings (SSSR count). The van der Waals surface area contributed by atoms with E-state index in [9.17, 15) is 19.5 Å². The molecule has 1 saturated heterocycles. The number of benzene rings is 1. The highest BCUT2D eigenvalue weighted by Gasteiger charge is 2.32. The van der Waals surface area contributed by atoms with E-state index in [1.165, 1.54) is 11.2 Å². The smallest absolute Gasteiger partial charge is 0.326 e. The molecule has 0 aliphatic carbocycles. The number of nitrogens with one attached hydrogen (secondary N) is 1. The minimum absolute atomic E-state index is 0.338. The van der Waals surface area contributed by atoms with Crippen molar-refractivity contribution in [3.63, 3.8) is 0 Å². The second-order valence-corrected chi connectivity index (χ2v) is 6.90. The van der Waals surface area contributed by atoms with Crippen molar-refractivity contribution in [2.75, 3.05) is 11.9 Å². The van der Waals surface area contributed by atoms with E-state index in [2.05, 4.69) is 15.5 Å². The summed E-state index contributed by atoms with van der Waals surface area (Å²) in [6.07, 6.45) is 5.13. The number of hydrogen-bond acceptors (Lipinski definition) is 5. The number of aromatic nitrogens is 3. The lowest BCUT2D eigenvalue weighted by molar-refractivity contribution is -0.143. The van der Waals surface area contributed by atoms with E-state index in [1.54, 1.807) is 47.0 Å². The van der Waals surface area contributed by atoms with E-state index in [4.69, 9.17) is 0 Å². The maximum absolute atomic E-state index is 12.9. The molecule has 1 aliphatic rings. The van der Waals surface area contributed by atoms with Gasteiger partial charge >= 0.3 is 5.97 Å².